The summed E-state index contributed by atoms with van der Waals surface area (Å²) >= 11 is 0. The Hall–Kier alpha value is -3.79. The van der Waals surface area contributed by atoms with Crippen LogP contribution in [-0.4, -0.2) is 39.1 Å². The van der Waals surface area contributed by atoms with E-state index in [9.17, 15) is 4.79 Å². The summed E-state index contributed by atoms with van der Waals surface area (Å²) in [6, 6.07) is 28.4. The maximum absolute atomic E-state index is 13.3. The molecule has 4 rings (SSSR count). The smallest absolute Gasteiger partial charge is 0.254 e. The van der Waals surface area contributed by atoms with Crippen molar-refractivity contribution in [3.05, 3.63) is 96.1 Å². The minimum Gasteiger partial charge on any atom is -0.497 e. The normalized spacial score (nSPS) is 11.8. The molecule has 4 heteroatoms. The molecule has 0 heterocycles. The molecule has 0 aliphatic heterocycles. The Bertz CT molecular complexity index is 1260. The Balaban J connectivity index is 1.56. The van der Waals surface area contributed by atoms with Gasteiger partial charge in [-0.1, -0.05) is 48.5 Å². The number of hydrogen-bond acceptors (Lipinski definition) is 3. The molecule has 4 aromatic rings. The molecule has 168 valence electrons. The minimum atomic E-state index is -0.0623. The maximum atomic E-state index is 13.3. The van der Waals surface area contributed by atoms with Crippen LogP contribution in [0.3, 0.4) is 0 Å². The van der Waals surface area contributed by atoms with E-state index in [1.54, 1.807) is 7.11 Å². The van der Waals surface area contributed by atoms with Crippen LogP contribution in [0, 0.1) is 0 Å². The monoisotopic (exact) mass is 438 g/mol. The molecule has 0 radical (unpaired) electrons. The molecule has 0 aromatic heterocycles. The summed E-state index contributed by atoms with van der Waals surface area (Å²) in [5.41, 5.74) is 5.13. The second kappa shape index (κ2) is 9.37. The predicted molar refractivity (Wildman–Crippen MR) is 137 cm³/mol. The van der Waals surface area contributed by atoms with E-state index >= 15 is 0 Å². The largest absolute Gasteiger partial charge is 0.497 e. The molecule has 4 nitrogen and oxygen atoms in total. The van der Waals surface area contributed by atoms with Gasteiger partial charge in [0.1, 0.15) is 5.75 Å². The van der Waals surface area contributed by atoms with Gasteiger partial charge in [0.2, 0.25) is 0 Å². The molecule has 0 saturated heterocycles. The van der Waals surface area contributed by atoms with E-state index < -0.39 is 0 Å². The first-order chi connectivity index (χ1) is 15.9. The first-order valence-electron chi connectivity index (χ1n) is 11.1. The van der Waals surface area contributed by atoms with E-state index in [1.165, 1.54) is 10.8 Å². The number of nitrogens with zero attached hydrogens (tertiary/aromatic N) is 2. The topological polar surface area (TPSA) is 32.8 Å². The van der Waals surface area contributed by atoms with Crippen LogP contribution in [0.4, 0.5) is 5.69 Å². The Morgan fingerprint density at radius 2 is 1.45 bits per heavy atom. The number of carbonyl (C=O) groups is 1. The maximum Gasteiger partial charge on any atom is 0.254 e. The third-order valence-corrected chi connectivity index (χ3v) is 6.32. The number of fused-ring (bicyclic) bond motifs is 1. The predicted octanol–water partition coefficient (Wildman–Crippen LogP) is 6.41. The third-order valence-electron chi connectivity index (χ3n) is 6.32. The van der Waals surface area contributed by atoms with Gasteiger partial charge in [0.05, 0.1) is 13.2 Å². The first kappa shape index (κ1) is 22.4. The highest BCUT2D eigenvalue weighted by Gasteiger charge is 2.20. The third kappa shape index (κ3) is 4.56. The number of hydrogen-bond donors (Lipinski definition) is 0. The van der Waals surface area contributed by atoms with Crippen LogP contribution in [0.15, 0.2) is 84.9 Å². The van der Waals surface area contributed by atoms with Gasteiger partial charge >= 0.3 is 0 Å². The summed E-state index contributed by atoms with van der Waals surface area (Å²) in [6.45, 7) is 2.08. The zero-order valence-corrected chi connectivity index (χ0v) is 19.9. The van der Waals surface area contributed by atoms with Crippen molar-refractivity contribution < 1.29 is 9.53 Å². The van der Waals surface area contributed by atoms with Crippen molar-refractivity contribution in [2.75, 3.05) is 33.2 Å². The fourth-order valence-corrected chi connectivity index (χ4v) is 4.12. The molecule has 0 saturated carbocycles. The van der Waals surface area contributed by atoms with Crippen LogP contribution in [-0.2, 0) is 0 Å². The lowest BCUT2D eigenvalue weighted by Gasteiger charge is -2.27. The average Bonchev–Trinajstić information content (AvgIpc) is 2.86. The number of amides is 1. The van der Waals surface area contributed by atoms with Gasteiger partial charge in [0.25, 0.3) is 5.91 Å². The summed E-state index contributed by atoms with van der Waals surface area (Å²) in [5, 5.41) is 2.35. The highest BCUT2D eigenvalue weighted by atomic mass is 16.5. The van der Waals surface area contributed by atoms with Crippen molar-refractivity contribution >= 4 is 22.4 Å². The second-order valence-corrected chi connectivity index (χ2v) is 8.54. The zero-order valence-electron chi connectivity index (χ0n) is 19.9. The van der Waals surface area contributed by atoms with E-state index in [4.69, 9.17) is 4.74 Å². The summed E-state index contributed by atoms with van der Waals surface area (Å²) in [6.07, 6.45) is 0. The molecule has 33 heavy (non-hydrogen) atoms. The SMILES string of the molecule is COc1ccc(-c2ccc(C(=O)N(C)C(C)c3cccc4cc(N(C)C)ccc34)cc2)cc1. The quantitative estimate of drug-likeness (QED) is 0.348. The first-order valence-corrected chi connectivity index (χ1v) is 11.1. The van der Waals surface area contributed by atoms with Crippen molar-refractivity contribution in [3.63, 3.8) is 0 Å². The Morgan fingerprint density at radius 1 is 0.818 bits per heavy atom. The molecule has 0 aliphatic carbocycles. The fraction of sp³-hybridized carbons (Fsp3) is 0.207. The molecule has 0 fully saturated rings. The summed E-state index contributed by atoms with van der Waals surface area (Å²) in [7, 11) is 7.61. The van der Waals surface area contributed by atoms with Crippen LogP contribution >= 0.6 is 0 Å². The van der Waals surface area contributed by atoms with E-state index in [-0.39, 0.29) is 11.9 Å². The highest BCUT2D eigenvalue weighted by molar-refractivity contribution is 5.95. The van der Waals surface area contributed by atoms with Crippen LogP contribution < -0.4 is 9.64 Å². The van der Waals surface area contributed by atoms with Crippen molar-refractivity contribution in [2.45, 2.75) is 13.0 Å². The summed E-state index contributed by atoms with van der Waals surface area (Å²) in [4.78, 5) is 17.2. The van der Waals surface area contributed by atoms with Crippen molar-refractivity contribution in [3.8, 4) is 16.9 Å². The molecule has 0 aliphatic rings. The molecule has 0 bridgehead atoms. The molecule has 0 spiro atoms. The average molecular weight is 439 g/mol. The van der Waals surface area contributed by atoms with Gasteiger partial charge in [-0.2, -0.15) is 0 Å². The lowest BCUT2D eigenvalue weighted by Crippen LogP contribution is -2.29. The molecule has 1 amide bonds. The van der Waals surface area contributed by atoms with Gasteiger partial charge in [0, 0.05) is 32.4 Å². The Morgan fingerprint density at radius 3 is 2.06 bits per heavy atom. The van der Waals surface area contributed by atoms with Crippen LogP contribution in [0.5, 0.6) is 5.75 Å². The summed E-state index contributed by atoms with van der Waals surface area (Å²) < 4.78 is 5.23. The van der Waals surface area contributed by atoms with Gasteiger partial charge < -0.3 is 14.5 Å². The number of carbonyl (C=O) groups excluding carboxylic acids is 1. The number of methoxy groups -OCH3 is 1. The van der Waals surface area contributed by atoms with Crippen molar-refractivity contribution in [1.29, 1.82) is 0 Å². The molecular formula is C29H30N2O2. The molecular weight excluding hydrogens is 408 g/mol. The fourth-order valence-electron chi connectivity index (χ4n) is 4.12. The van der Waals surface area contributed by atoms with E-state index in [0.717, 1.165) is 28.1 Å². The number of rotatable bonds is 6. The van der Waals surface area contributed by atoms with Crippen LogP contribution in [0.1, 0.15) is 28.9 Å². The van der Waals surface area contributed by atoms with Crippen LogP contribution in [0.25, 0.3) is 21.9 Å². The van der Waals surface area contributed by atoms with E-state index in [0.29, 0.717) is 5.56 Å². The Kier molecular flexibility index (Phi) is 6.36. The second-order valence-electron chi connectivity index (χ2n) is 8.54. The minimum absolute atomic E-state index is 0.00527. The summed E-state index contributed by atoms with van der Waals surface area (Å²) in [5.74, 6) is 0.832. The molecule has 1 unspecified atom stereocenters. The lowest BCUT2D eigenvalue weighted by molar-refractivity contribution is 0.0743. The van der Waals surface area contributed by atoms with E-state index in [2.05, 4.69) is 48.2 Å². The standard InChI is InChI=1S/C29H30N2O2/c1-20(27-8-6-7-24-19-25(30(2)3)15-18-28(24)27)31(4)29(32)23-11-9-21(10-12-23)22-13-16-26(33-5)17-14-22/h6-20H,1-5H3. The molecule has 4 aromatic carbocycles. The lowest BCUT2D eigenvalue weighted by atomic mass is 9.97. The highest BCUT2D eigenvalue weighted by Crippen LogP contribution is 2.31. The molecule has 0 N–H and O–H groups in total. The number of benzene rings is 4. The zero-order chi connectivity index (χ0) is 23.5. The number of anilines is 1. The van der Waals surface area contributed by atoms with Gasteiger partial charge in [-0.15, -0.1) is 0 Å². The molecule has 1 atom stereocenters. The Labute approximate surface area is 196 Å². The van der Waals surface area contributed by atoms with Crippen molar-refractivity contribution in [1.82, 2.24) is 4.90 Å². The van der Waals surface area contributed by atoms with Crippen molar-refractivity contribution in [2.24, 2.45) is 0 Å². The van der Waals surface area contributed by atoms with Gasteiger partial charge in [-0.05, 0) is 70.8 Å². The van der Waals surface area contributed by atoms with Crippen LogP contribution in [0.2, 0.25) is 0 Å². The van der Waals surface area contributed by atoms with Gasteiger partial charge in [-0.3, -0.25) is 4.79 Å². The van der Waals surface area contributed by atoms with E-state index in [1.807, 2.05) is 74.6 Å². The van der Waals surface area contributed by atoms with Gasteiger partial charge in [-0.25, -0.2) is 0 Å². The van der Waals surface area contributed by atoms with Gasteiger partial charge in [0.15, 0.2) is 0 Å². The number of ether oxygens (including phenoxy) is 1.